The minimum absolute atomic E-state index is 0.0110. The highest BCUT2D eigenvalue weighted by Gasteiger charge is 2.07. The van der Waals surface area contributed by atoms with E-state index in [4.69, 9.17) is 0 Å². The Balaban J connectivity index is 3.44. The van der Waals surface area contributed by atoms with E-state index in [0.29, 0.717) is 0 Å². The Bertz CT molecular complexity index is 132. The number of allylic oxidation sites excluding steroid dienone is 1. The molecule has 2 heteroatoms. The molecule has 0 aromatic carbocycles. The molecule has 0 aliphatic carbocycles. The molecule has 0 N–H and O–H groups in total. The monoisotopic (exact) mass is 172 g/mol. The highest BCUT2D eigenvalue weighted by atomic mass is 32.2. The fourth-order valence-electron chi connectivity index (χ4n) is 0.545. The van der Waals surface area contributed by atoms with Crippen molar-refractivity contribution in [2.75, 3.05) is 5.75 Å². The predicted molar refractivity (Wildman–Crippen MR) is 51.7 cm³/mol. The lowest BCUT2D eigenvalue weighted by Crippen LogP contribution is -2.03. The van der Waals surface area contributed by atoms with Crippen molar-refractivity contribution in [1.29, 1.82) is 0 Å². The molecule has 0 saturated carbocycles. The number of rotatable bonds is 5. The van der Waals surface area contributed by atoms with E-state index in [2.05, 4.69) is 13.5 Å². The van der Waals surface area contributed by atoms with Crippen molar-refractivity contribution in [3.8, 4) is 0 Å². The lowest BCUT2D eigenvalue weighted by atomic mass is 10.2. The molecule has 0 spiro atoms. The molecule has 0 amide bonds. The smallest absolute Gasteiger partial charge is 0.195 e. The van der Waals surface area contributed by atoms with Crippen LogP contribution >= 0.6 is 11.8 Å². The minimum atomic E-state index is 0.0110. The molecule has 0 rings (SSSR count). The molecule has 0 aromatic rings. The Morgan fingerprint density at radius 1 is 1.73 bits per heavy atom. The summed E-state index contributed by atoms with van der Waals surface area (Å²) in [6.45, 7) is 7.59. The van der Waals surface area contributed by atoms with E-state index >= 15 is 0 Å². The van der Waals surface area contributed by atoms with Gasteiger partial charge in [-0.3, -0.25) is 4.79 Å². The summed E-state index contributed by atoms with van der Waals surface area (Å²) in [5, 5.41) is 0.244. The Hall–Kier alpha value is -0.240. The van der Waals surface area contributed by atoms with Crippen molar-refractivity contribution in [3.63, 3.8) is 0 Å². The van der Waals surface area contributed by atoms with Gasteiger partial charge in [-0.25, -0.2) is 0 Å². The van der Waals surface area contributed by atoms with Crippen LogP contribution in [0.25, 0.3) is 0 Å². The van der Waals surface area contributed by atoms with E-state index in [9.17, 15) is 4.79 Å². The minimum Gasteiger partial charge on any atom is -0.287 e. The topological polar surface area (TPSA) is 17.1 Å². The number of thioether (sulfide) groups is 1. The quantitative estimate of drug-likeness (QED) is 0.468. The average Bonchev–Trinajstić information content (AvgIpc) is 2.03. The first-order chi connectivity index (χ1) is 5.22. The van der Waals surface area contributed by atoms with Crippen LogP contribution in [0.3, 0.4) is 0 Å². The van der Waals surface area contributed by atoms with Gasteiger partial charge in [0.1, 0.15) is 0 Å². The van der Waals surface area contributed by atoms with Crippen molar-refractivity contribution in [3.05, 3.63) is 12.7 Å². The molecule has 0 aromatic heterocycles. The molecule has 0 radical (unpaired) electrons. The highest BCUT2D eigenvalue weighted by Crippen LogP contribution is 2.13. The first-order valence-electron chi connectivity index (χ1n) is 4.01. The first-order valence-corrected chi connectivity index (χ1v) is 5.00. The van der Waals surface area contributed by atoms with Gasteiger partial charge < -0.3 is 0 Å². The van der Waals surface area contributed by atoms with Gasteiger partial charge in [0.15, 0.2) is 5.12 Å². The molecule has 11 heavy (non-hydrogen) atoms. The van der Waals surface area contributed by atoms with E-state index in [-0.39, 0.29) is 11.0 Å². The average molecular weight is 172 g/mol. The summed E-state index contributed by atoms with van der Waals surface area (Å²) in [4.78, 5) is 11.1. The van der Waals surface area contributed by atoms with Crippen molar-refractivity contribution in [2.24, 2.45) is 5.92 Å². The predicted octanol–water partition coefficient (Wildman–Crippen LogP) is 2.87. The second kappa shape index (κ2) is 6.47. The van der Waals surface area contributed by atoms with Gasteiger partial charge in [-0.2, -0.15) is 0 Å². The summed E-state index contributed by atoms with van der Waals surface area (Å²) in [5.41, 5.74) is 0. The van der Waals surface area contributed by atoms with Crippen LogP contribution in [0.15, 0.2) is 12.7 Å². The van der Waals surface area contributed by atoms with E-state index in [1.54, 1.807) is 6.08 Å². The highest BCUT2D eigenvalue weighted by molar-refractivity contribution is 8.13. The maximum atomic E-state index is 11.1. The van der Waals surface area contributed by atoms with E-state index in [1.165, 1.54) is 11.8 Å². The van der Waals surface area contributed by atoms with Gasteiger partial charge in [-0.15, -0.1) is 6.58 Å². The van der Waals surface area contributed by atoms with Crippen LogP contribution < -0.4 is 0 Å². The fraction of sp³-hybridized carbons (Fsp3) is 0.667. The molecule has 1 unspecified atom stereocenters. The number of hydrogen-bond donors (Lipinski definition) is 0. The van der Waals surface area contributed by atoms with Crippen LogP contribution in [0, 0.1) is 5.92 Å². The SMILES string of the molecule is C=CC(C)C(=O)SCCCC. The lowest BCUT2D eigenvalue weighted by molar-refractivity contribution is -0.112. The zero-order valence-electron chi connectivity index (χ0n) is 7.30. The number of unbranched alkanes of at least 4 members (excludes halogenated alkanes) is 1. The van der Waals surface area contributed by atoms with Gasteiger partial charge in [0.2, 0.25) is 0 Å². The Labute approximate surface area is 73.3 Å². The molecule has 0 bridgehead atoms. The Kier molecular flexibility index (Phi) is 6.33. The van der Waals surface area contributed by atoms with Crippen LogP contribution in [-0.2, 0) is 4.79 Å². The van der Waals surface area contributed by atoms with Gasteiger partial charge in [-0.1, -0.05) is 38.1 Å². The maximum Gasteiger partial charge on any atom is 0.195 e. The normalized spacial score (nSPS) is 12.5. The molecule has 0 heterocycles. The molecular weight excluding hydrogens is 156 g/mol. The van der Waals surface area contributed by atoms with Gasteiger partial charge >= 0.3 is 0 Å². The summed E-state index contributed by atoms with van der Waals surface area (Å²) in [6, 6.07) is 0. The second-order valence-electron chi connectivity index (χ2n) is 2.55. The largest absolute Gasteiger partial charge is 0.287 e. The van der Waals surface area contributed by atoms with Crippen molar-refractivity contribution in [1.82, 2.24) is 0 Å². The van der Waals surface area contributed by atoms with Crippen LogP contribution in [-0.4, -0.2) is 10.9 Å². The summed E-state index contributed by atoms with van der Waals surface area (Å²) in [7, 11) is 0. The van der Waals surface area contributed by atoms with Crippen LogP contribution in [0.2, 0.25) is 0 Å². The molecule has 0 fully saturated rings. The van der Waals surface area contributed by atoms with Crippen LogP contribution in [0.5, 0.6) is 0 Å². The number of carbonyl (C=O) groups is 1. The number of hydrogen-bond acceptors (Lipinski definition) is 2. The zero-order chi connectivity index (χ0) is 8.69. The Morgan fingerprint density at radius 3 is 2.82 bits per heavy atom. The van der Waals surface area contributed by atoms with Gasteiger partial charge in [0, 0.05) is 11.7 Å². The van der Waals surface area contributed by atoms with Crippen LogP contribution in [0.4, 0.5) is 0 Å². The third kappa shape index (κ3) is 5.08. The first kappa shape index (κ1) is 10.8. The summed E-state index contributed by atoms with van der Waals surface area (Å²) in [5.74, 6) is 0.963. The number of carbonyl (C=O) groups excluding carboxylic acids is 1. The fourth-order valence-corrected chi connectivity index (χ4v) is 1.54. The Morgan fingerprint density at radius 2 is 2.36 bits per heavy atom. The second-order valence-corrected chi connectivity index (χ2v) is 3.64. The van der Waals surface area contributed by atoms with E-state index < -0.39 is 0 Å². The third-order valence-corrected chi connectivity index (χ3v) is 2.62. The molecule has 0 aliphatic rings. The molecule has 64 valence electrons. The summed E-state index contributed by atoms with van der Waals surface area (Å²) >= 11 is 1.42. The van der Waals surface area contributed by atoms with Gasteiger partial charge in [0.25, 0.3) is 0 Å². The van der Waals surface area contributed by atoms with Crippen molar-refractivity contribution in [2.45, 2.75) is 26.7 Å². The third-order valence-electron chi connectivity index (χ3n) is 1.47. The van der Waals surface area contributed by atoms with Crippen molar-refractivity contribution >= 4 is 16.9 Å². The zero-order valence-corrected chi connectivity index (χ0v) is 8.12. The van der Waals surface area contributed by atoms with Gasteiger partial charge in [0.05, 0.1) is 0 Å². The molecule has 1 nitrogen and oxygen atoms in total. The van der Waals surface area contributed by atoms with Gasteiger partial charge in [-0.05, 0) is 6.42 Å². The molecule has 1 atom stereocenters. The van der Waals surface area contributed by atoms with E-state index in [1.807, 2.05) is 6.92 Å². The maximum absolute atomic E-state index is 11.1. The summed E-state index contributed by atoms with van der Waals surface area (Å²) in [6.07, 6.45) is 3.98. The summed E-state index contributed by atoms with van der Waals surface area (Å²) < 4.78 is 0. The molecule has 0 saturated heterocycles. The lowest BCUT2D eigenvalue weighted by Gasteiger charge is -2.02. The van der Waals surface area contributed by atoms with Crippen molar-refractivity contribution < 1.29 is 4.79 Å². The molecular formula is C9H16OS. The standard InChI is InChI=1S/C9H16OS/c1-4-6-7-11-9(10)8(3)5-2/h5,8H,2,4,6-7H2,1,3H3. The molecule has 0 aliphatic heterocycles. The van der Waals surface area contributed by atoms with Crippen LogP contribution in [0.1, 0.15) is 26.7 Å². The van der Waals surface area contributed by atoms with E-state index in [0.717, 1.165) is 18.6 Å².